The van der Waals surface area contributed by atoms with Gasteiger partial charge >= 0.3 is 0 Å². The van der Waals surface area contributed by atoms with Gasteiger partial charge in [0, 0.05) is 16.7 Å². The van der Waals surface area contributed by atoms with Crippen molar-refractivity contribution in [1.82, 2.24) is 0 Å². The van der Waals surface area contributed by atoms with Crippen LogP contribution in [0.25, 0.3) is 5.57 Å². The zero-order chi connectivity index (χ0) is 13.2. The van der Waals surface area contributed by atoms with Crippen molar-refractivity contribution in [2.75, 3.05) is 6.61 Å². The van der Waals surface area contributed by atoms with Crippen LogP contribution in [0.15, 0.2) is 29.8 Å². The molecule has 0 radical (unpaired) electrons. The Morgan fingerprint density at radius 3 is 2.78 bits per heavy atom. The van der Waals surface area contributed by atoms with E-state index in [9.17, 15) is 9.90 Å². The molecular weight excluding hydrogens is 228 g/mol. The Morgan fingerprint density at radius 1 is 1.39 bits per heavy atom. The molecule has 3 nitrogen and oxygen atoms in total. The van der Waals surface area contributed by atoms with Crippen LogP contribution < -0.4 is 4.74 Å². The minimum Gasteiger partial charge on any atom is -0.488 e. The van der Waals surface area contributed by atoms with Gasteiger partial charge in [0.1, 0.15) is 18.0 Å². The van der Waals surface area contributed by atoms with Crippen molar-refractivity contribution in [2.24, 2.45) is 0 Å². The third-order valence-electron chi connectivity index (χ3n) is 2.50. The number of ether oxygens (including phenoxy) is 1. The van der Waals surface area contributed by atoms with Gasteiger partial charge in [0.2, 0.25) is 0 Å². The van der Waals surface area contributed by atoms with Gasteiger partial charge in [-0.2, -0.15) is 0 Å². The fraction of sp³-hybridized carbons (Fsp3) is 0.267. The van der Waals surface area contributed by atoms with Crippen molar-refractivity contribution in [3.8, 4) is 17.6 Å². The van der Waals surface area contributed by atoms with Crippen LogP contribution in [0.3, 0.4) is 0 Å². The van der Waals surface area contributed by atoms with Crippen LogP contribution in [0.2, 0.25) is 0 Å². The smallest absolute Gasteiger partial charge is 0.150 e. The lowest BCUT2D eigenvalue weighted by Gasteiger charge is -2.18. The van der Waals surface area contributed by atoms with Crippen LogP contribution in [0.5, 0.6) is 5.75 Å². The Balaban J connectivity index is 2.54. The average Bonchev–Trinajstić information content (AvgIpc) is 2.34. The number of aldehydes is 1. The molecule has 1 aromatic carbocycles. The highest BCUT2D eigenvalue weighted by molar-refractivity contribution is 5.97. The van der Waals surface area contributed by atoms with Gasteiger partial charge < -0.3 is 9.84 Å². The monoisotopic (exact) mass is 242 g/mol. The molecule has 3 heteroatoms. The zero-order valence-electron chi connectivity index (χ0n) is 10.4. The van der Waals surface area contributed by atoms with Gasteiger partial charge in [-0.05, 0) is 26.0 Å². The summed E-state index contributed by atoms with van der Waals surface area (Å²) in [5, 5.41) is 9.64. The number of aliphatic hydroxyl groups is 1. The van der Waals surface area contributed by atoms with Crippen LogP contribution in [-0.4, -0.2) is 23.6 Å². The molecule has 0 amide bonds. The zero-order valence-corrected chi connectivity index (χ0v) is 10.4. The average molecular weight is 242 g/mol. The van der Waals surface area contributed by atoms with Gasteiger partial charge in [-0.1, -0.05) is 24.0 Å². The third-order valence-corrected chi connectivity index (χ3v) is 2.50. The van der Waals surface area contributed by atoms with E-state index in [1.165, 1.54) is 0 Å². The summed E-state index contributed by atoms with van der Waals surface area (Å²) in [4.78, 5) is 11.0. The van der Waals surface area contributed by atoms with Crippen LogP contribution in [0, 0.1) is 11.8 Å². The molecule has 1 heterocycles. The molecule has 0 atom stereocenters. The van der Waals surface area contributed by atoms with Gasteiger partial charge in [0.25, 0.3) is 0 Å². The van der Waals surface area contributed by atoms with Gasteiger partial charge in [0.05, 0.1) is 0 Å². The Kier molecular flexibility index (Phi) is 3.22. The van der Waals surface area contributed by atoms with Crippen molar-refractivity contribution in [1.29, 1.82) is 0 Å². The maximum Gasteiger partial charge on any atom is 0.150 e. The first-order chi connectivity index (χ1) is 8.51. The minimum absolute atomic E-state index is 0.219. The summed E-state index contributed by atoms with van der Waals surface area (Å²) in [5.74, 6) is 6.33. The Labute approximate surface area is 106 Å². The largest absolute Gasteiger partial charge is 0.488 e. The molecule has 1 N–H and O–H groups in total. The van der Waals surface area contributed by atoms with Crippen LogP contribution >= 0.6 is 0 Å². The SMILES string of the molecule is CC(C)(O)C#CC1=C(C=O)COc2ccccc21. The number of carbonyl (C=O) groups excluding carboxylic acids is 1. The molecule has 0 aromatic heterocycles. The molecule has 0 unspecified atom stereocenters. The number of rotatable bonds is 1. The number of carbonyl (C=O) groups is 1. The van der Waals surface area contributed by atoms with E-state index in [2.05, 4.69) is 11.8 Å². The molecule has 0 fully saturated rings. The highest BCUT2D eigenvalue weighted by Gasteiger charge is 2.18. The van der Waals surface area contributed by atoms with E-state index in [1.807, 2.05) is 24.3 Å². The lowest BCUT2D eigenvalue weighted by molar-refractivity contribution is -0.105. The highest BCUT2D eigenvalue weighted by Crippen LogP contribution is 2.31. The third kappa shape index (κ3) is 2.61. The van der Waals surface area contributed by atoms with E-state index in [0.29, 0.717) is 16.9 Å². The Morgan fingerprint density at radius 2 is 2.11 bits per heavy atom. The molecule has 18 heavy (non-hydrogen) atoms. The van der Waals surface area contributed by atoms with Crippen molar-refractivity contribution in [3.05, 3.63) is 35.4 Å². The molecule has 1 aromatic rings. The molecule has 1 aliphatic rings. The van der Waals surface area contributed by atoms with Crippen molar-refractivity contribution in [3.63, 3.8) is 0 Å². The summed E-state index contributed by atoms with van der Waals surface area (Å²) in [6, 6.07) is 7.42. The Bertz CT molecular complexity index is 565. The quantitative estimate of drug-likeness (QED) is 0.603. The number of hydrogen-bond acceptors (Lipinski definition) is 3. The second kappa shape index (κ2) is 4.67. The molecular formula is C15H14O3. The van der Waals surface area contributed by atoms with E-state index in [4.69, 9.17) is 4.74 Å². The van der Waals surface area contributed by atoms with Crippen molar-refractivity contribution >= 4 is 11.9 Å². The van der Waals surface area contributed by atoms with Crippen LogP contribution in [0.4, 0.5) is 0 Å². The summed E-state index contributed by atoms with van der Waals surface area (Å²) in [7, 11) is 0. The maximum absolute atomic E-state index is 11.0. The standard InChI is InChI=1S/C15H14O3/c1-15(2,17)8-7-12-11(9-16)10-18-14-6-4-3-5-13(12)14/h3-6,9,17H,10H2,1-2H3. The minimum atomic E-state index is -1.09. The van der Waals surface area contributed by atoms with E-state index >= 15 is 0 Å². The second-order valence-electron chi connectivity index (χ2n) is 4.61. The number of fused-ring (bicyclic) bond motifs is 1. The number of para-hydroxylation sites is 1. The van der Waals surface area contributed by atoms with Crippen LogP contribution in [0.1, 0.15) is 19.4 Å². The number of benzene rings is 1. The predicted octanol–water partition coefficient (Wildman–Crippen LogP) is 1.81. The summed E-state index contributed by atoms with van der Waals surface area (Å²) in [5.41, 5.74) is 0.843. The van der Waals surface area contributed by atoms with E-state index in [1.54, 1.807) is 13.8 Å². The summed E-state index contributed by atoms with van der Waals surface area (Å²) in [6.07, 6.45) is 0.754. The summed E-state index contributed by atoms with van der Waals surface area (Å²) in [6.45, 7) is 3.43. The number of allylic oxidation sites excluding steroid dienone is 1. The van der Waals surface area contributed by atoms with Crippen molar-refractivity contribution in [2.45, 2.75) is 19.4 Å². The van der Waals surface area contributed by atoms with E-state index in [0.717, 1.165) is 11.8 Å². The van der Waals surface area contributed by atoms with Gasteiger partial charge in [-0.25, -0.2) is 0 Å². The first-order valence-corrected chi connectivity index (χ1v) is 5.67. The summed E-state index contributed by atoms with van der Waals surface area (Å²) < 4.78 is 5.47. The predicted molar refractivity (Wildman–Crippen MR) is 69.0 cm³/mol. The fourth-order valence-electron chi connectivity index (χ4n) is 1.66. The number of hydrogen-bond donors (Lipinski definition) is 1. The molecule has 1 aliphatic heterocycles. The van der Waals surface area contributed by atoms with E-state index in [-0.39, 0.29) is 6.61 Å². The van der Waals surface area contributed by atoms with Gasteiger partial charge in [-0.15, -0.1) is 0 Å². The highest BCUT2D eigenvalue weighted by atomic mass is 16.5. The lowest BCUT2D eigenvalue weighted by Crippen LogP contribution is -2.16. The molecule has 0 saturated carbocycles. The van der Waals surface area contributed by atoms with Crippen molar-refractivity contribution < 1.29 is 14.6 Å². The van der Waals surface area contributed by atoms with Crippen LogP contribution in [-0.2, 0) is 4.79 Å². The normalized spacial score (nSPS) is 14.2. The maximum atomic E-state index is 11.0. The first-order valence-electron chi connectivity index (χ1n) is 5.67. The lowest BCUT2D eigenvalue weighted by atomic mass is 9.97. The summed E-state index contributed by atoms with van der Waals surface area (Å²) >= 11 is 0. The fourth-order valence-corrected chi connectivity index (χ4v) is 1.66. The molecule has 0 spiro atoms. The molecule has 0 saturated heterocycles. The topological polar surface area (TPSA) is 46.5 Å². The van der Waals surface area contributed by atoms with Gasteiger partial charge in [0.15, 0.2) is 6.29 Å². The van der Waals surface area contributed by atoms with Gasteiger partial charge in [-0.3, -0.25) is 4.79 Å². The molecule has 0 aliphatic carbocycles. The molecule has 92 valence electrons. The van der Waals surface area contributed by atoms with E-state index < -0.39 is 5.60 Å². The molecule has 2 rings (SSSR count). The molecule has 0 bridgehead atoms. The Hall–Kier alpha value is -2.05. The first kappa shape index (κ1) is 12.4. The second-order valence-corrected chi connectivity index (χ2v) is 4.61.